The first kappa shape index (κ1) is 14.1. The molecule has 1 aliphatic heterocycles. The minimum atomic E-state index is 1.08. The molecule has 0 aliphatic carbocycles. The molecule has 3 nitrogen and oxygen atoms in total. The van der Waals surface area contributed by atoms with E-state index in [2.05, 4.69) is 71.5 Å². The van der Waals surface area contributed by atoms with Crippen molar-refractivity contribution in [1.29, 1.82) is 0 Å². The number of benzene rings is 2. The van der Waals surface area contributed by atoms with Crippen LogP contribution >= 0.6 is 0 Å². The number of nitrogens with one attached hydrogen (secondary N) is 1. The zero-order valence-electron chi connectivity index (χ0n) is 13.4. The molecule has 0 radical (unpaired) electrons. The second-order valence-electron chi connectivity index (χ2n) is 6.27. The fraction of sp³-hybridized carbons (Fsp3) is 0.250. The van der Waals surface area contributed by atoms with Gasteiger partial charge in [0.1, 0.15) is 5.82 Å². The average molecular weight is 303 g/mol. The van der Waals surface area contributed by atoms with Crippen molar-refractivity contribution in [1.82, 2.24) is 9.55 Å². The maximum atomic E-state index is 4.82. The van der Waals surface area contributed by atoms with Crippen molar-refractivity contribution in [2.24, 2.45) is 0 Å². The summed E-state index contributed by atoms with van der Waals surface area (Å²) >= 11 is 0. The van der Waals surface area contributed by atoms with Crippen LogP contribution in [0.25, 0.3) is 11.3 Å². The summed E-state index contributed by atoms with van der Waals surface area (Å²) in [6.07, 6.45) is 5.81. The highest BCUT2D eigenvalue weighted by Gasteiger charge is 2.13. The molecule has 116 valence electrons. The number of fused-ring (bicyclic) bond motifs is 1. The standard InChI is InChI=1S/C20H21N3/c1-15-6-4-8-17(12-15)21-18-9-5-7-16(13-18)19-14-23-11-3-2-10-20(23)22-19/h4-9,12-14,21H,2-3,10-11H2,1H3. The van der Waals surface area contributed by atoms with E-state index < -0.39 is 0 Å². The van der Waals surface area contributed by atoms with Crippen LogP contribution in [0.3, 0.4) is 0 Å². The van der Waals surface area contributed by atoms with Gasteiger partial charge in [-0.3, -0.25) is 0 Å². The van der Waals surface area contributed by atoms with Gasteiger partial charge < -0.3 is 9.88 Å². The van der Waals surface area contributed by atoms with Gasteiger partial charge in [-0.1, -0.05) is 24.3 Å². The summed E-state index contributed by atoms with van der Waals surface area (Å²) in [4.78, 5) is 4.82. The van der Waals surface area contributed by atoms with Gasteiger partial charge in [-0.2, -0.15) is 0 Å². The number of aromatic nitrogens is 2. The van der Waals surface area contributed by atoms with Crippen molar-refractivity contribution >= 4 is 11.4 Å². The number of imidazole rings is 1. The Kier molecular flexibility index (Phi) is 3.62. The highest BCUT2D eigenvalue weighted by Crippen LogP contribution is 2.26. The lowest BCUT2D eigenvalue weighted by atomic mass is 10.1. The van der Waals surface area contributed by atoms with Crippen LogP contribution in [0.5, 0.6) is 0 Å². The second-order valence-corrected chi connectivity index (χ2v) is 6.27. The van der Waals surface area contributed by atoms with E-state index in [0.717, 1.165) is 30.0 Å². The number of aryl methyl sites for hydroxylation is 3. The third-order valence-corrected chi connectivity index (χ3v) is 4.37. The Morgan fingerprint density at radius 3 is 2.65 bits per heavy atom. The minimum absolute atomic E-state index is 1.08. The van der Waals surface area contributed by atoms with Gasteiger partial charge >= 0.3 is 0 Å². The quantitative estimate of drug-likeness (QED) is 0.743. The third-order valence-electron chi connectivity index (χ3n) is 4.37. The first-order chi connectivity index (χ1) is 11.3. The van der Waals surface area contributed by atoms with Crippen molar-refractivity contribution in [3.8, 4) is 11.3 Å². The molecule has 3 heteroatoms. The maximum Gasteiger partial charge on any atom is 0.109 e. The van der Waals surface area contributed by atoms with Crippen LogP contribution in [0.1, 0.15) is 24.2 Å². The topological polar surface area (TPSA) is 29.9 Å². The van der Waals surface area contributed by atoms with Gasteiger partial charge in [0.2, 0.25) is 0 Å². The van der Waals surface area contributed by atoms with Gasteiger partial charge in [0, 0.05) is 36.1 Å². The minimum Gasteiger partial charge on any atom is -0.356 e. The molecule has 2 aromatic carbocycles. The summed E-state index contributed by atoms with van der Waals surface area (Å²) in [5.41, 5.74) is 5.72. The normalized spacial score (nSPS) is 13.6. The molecule has 1 N–H and O–H groups in total. The van der Waals surface area contributed by atoms with E-state index in [0.29, 0.717) is 0 Å². The van der Waals surface area contributed by atoms with E-state index in [-0.39, 0.29) is 0 Å². The Morgan fingerprint density at radius 2 is 1.83 bits per heavy atom. The second kappa shape index (κ2) is 5.92. The van der Waals surface area contributed by atoms with E-state index in [1.807, 2.05) is 0 Å². The Hall–Kier alpha value is -2.55. The number of nitrogens with zero attached hydrogens (tertiary/aromatic N) is 2. The molecule has 0 atom stereocenters. The lowest BCUT2D eigenvalue weighted by molar-refractivity contribution is 0.522. The van der Waals surface area contributed by atoms with Crippen LogP contribution in [-0.4, -0.2) is 9.55 Å². The van der Waals surface area contributed by atoms with Gasteiger partial charge in [-0.15, -0.1) is 0 Å². The fourth-order valence-electron chi connectivity index (χ4n) is 3.20. The Balaban J connectivity index is 1.62. The van der Waals surface area contributed by atoms with Crippen LogP contribution in [-0.2, 0) is 13.0 Å². The SMILES string of the molecule is Cc1cccc(Nc2cccc(-c3cn4c(n3)CCCC4)c2)c1. The molecule has 0 bridgehead atoms. The fourth-order valence-corrected chi connectivity index (χ4v) is 3.20. The highest BCUT2D eigenvalue weighted by atomic mass is 15.1. The molecule has 0 saturated heterocycles. The zero-order chi connectivity index (χ0) is 15.6. The summed E-state index contributed by atoms with van der Waals surface area (Å²) < 4.78 is 2.31. The van der Waals surface area contributed by atoms with Gasteiger partial charge in [0.25, 0.3) is 0 Å². The van der Waals surface area contributed by atoms with Crippen LogP contribution in [0.4, 0.5) is 11.4 Å². The summed E-state index contributed by atoms with van der Waals surface area (Å²) in [6.45, 7) is 3.21. The van der Waals surface area contributed by atoms with Gasteiger partial charge in [0.15, 0.2) is 0 Å². The van der Waals surface area contributed by atoms with Crippen molar-refractivity contribution in [3.05, 3.63) is 66.1 Å². The van der Waals surface area contributed by atoms with Crippen LogP contribution in [0, 0.1) is 6.92 Å². The van der Waals surface area contributed by atoms with E-state index in [1.165, 1.54) is 29.8 Å². The lowest BCUT2D eigenvalue weighted by Crippen LogP contribution is -2.08. The molecule has 0 saturated carbocycles. The van der Waals surface area contributed by atoms with Crippen molar-refractivity contribution in [2.75, 3.05) is 5.32 Å². The van der Waals surface area contributed by atoms with Gasteiger partial charge in [0.05, 0.1) is 5.69 Å². The Morgan fingerprint density at radius 1 is 1.00 bits per heavy atom. The predicted molar refractivity (Wildman–Crippen MR) is 95.1 cm³/mol. The van der Waals surface area contributed by atoms with Crippen molar-refractivity contribution in [2.45, 2.75) is 32.7 Å². The molecule has 0 amide bonds. The van der Waals surface area contributed by atoms with Crippen LogP contribution in [0.15, 0.2) is 54.7 Å². The summed E-state index contributed by atoms with van der Waals surface area (Å²) in [5.74, 6) is 1.23. The predicted octanol–water partition coefficient (Wildman–Crippen LogP) is 4.94. The first-order valence-corrected chi connectivity index (χ1v) is 8.28. The largest absolute Gasteiger partial charge is 0.356 e. The first-order valence-electron chi connectivity index (χ1n) is 8.28. The van der Waals surface area contributed by atoms with Crippen molar-refractivity contribution in [3.63, 3.8) is 0 Å². The number of hydrogen-bond donors (Lipinski definition) is 1. The zero-order valence-corrected chi connectivity index (χ0v) is 13.4. The number of anilines is 2. The molecule has 23 heavy (non-hydrogen) atoms. The van der Waals surface area contributed by atoms with Gasteiger partial charge in [-0.05, 0) is 49.6 Å². The molecule has 0 fully saturated rings. The van der Waals surface area contributed by atoms with Crippen LogP contribution in [0.2, 0.25) is 0 Å². The van der Waals surface area contributed by atoms with Crippen LogP contribution < -0.4 is 5.32 Å². The smallest absolute Gasteiger partial charge is 0.109 e. The maximum absolute atomic E-state index is 4.82. The highest BCUT2D eigenvalue weighted by molar-refractivity contribution is 5.69. The van der Waals surface area contributed by atoms with E-state index in [9.17, 15) is 0 Å². The molecular weight excluding hydrogens is 282 g/mol. The van der Waals surface area contributed by atoms with E-state index in [4.69, 9.17) is 4.98 Å². The summed E-state index contributed by atoms with van der Waals surface area (Å²) in [5, 5.41) is 3.48. The molecule has 2 heterocycles. The third kappa shape index (κ3) is 3.00. The number of rotatable bonds is 3. The summed E-state index contributed by atoms with van der Waals surface area (Å²) in [7, 11) is 0. The Labute approximate surface area is 137 Å². The molecule has 3 aromatic rings. The molecule has 0 unspecified atom stereocenters. The number of hydrogen-bond acceptors (Lipinski definition) is 2. The van der Waals surface area contributed by atoms with E-state index in [1.54, 1.807) is 0 Å². The van der Waals surface area contributed by atoms with Crippen molar-refractivity contribution < 1.29 is 0 Å². The molecule has 0 spiro atoms. The molecule has 1 aromatic heterocycles. The monoisotopic (exact) mass is 303 g/mol. The summed E-state index contributed by atoms with van der Waals surface area (Å²) in [6, 6.07) is 16.9. The lowest BCUT2D eigenvalue weighted by Gasteiger charge is -2.11. The van der Waals surface area contributed by atoms with Gasteiger partial charge in [-0.25, -0.2) is 4.98 Å². The molecule has 1 aliphatic rings. The Bertz CT molecular complexity index is 809. The van der Waals surface area contributed by atoms with E-state index >= 15 is 0 Å². The average Bonchev–Trinajstić information content (AvgIpc) is 2.99. The molecular formula is C20H21N3. The molecule has 4 rings (SSSR count).